The van der Waals surface area contributed by atoms with Crippen LogP contribution in [-0.4, -0.2) is 26.8 Å². The quantitative estimate of drug-likeness (QED) is 0.802. The molecule has 1 aromatic carbocycles. The fraction of sp³-hybridized carbons (Fsp3) is 0.357. The van der Waals surface area contributed by atoms with Crippen molar-refractivity contribution < 1.29 is 4.79 Å². The zero-order chi connectivity index (χ0) is 14.4. The highest BCUT2D eigenvalue weighted by molar-refractivity contribution is 7.99. The van der Waals surface area contributed by atoms with Gasteiger partial charge in [-0.1, -0.05) is 37.7 Å². The van der Waals surface area contributed by atoms with Gasteiger partial charge >= 0.3 is 0 Å². The lowest BCUT2D eigenvalue weighted by atomic mass is 9.99. The molecule has 1 amide bonds. The topological polar surface area (TPSA) is 70.7 Å². The number of rotatable bonds is 6. The molecule has 0 aliphatic heterocycles. The highest BCUT2D eigenvalue weighted by Gasteiger charge is 2.06. The number of benzene rings is 1. The fourth-order valence-corrected chi connectivity index (χ4v) is 2.30. The Balaban J connectivity index is 1.84. The number of hydrogen-bond acceptors (Lipinski definition) is 4. The molecule has 106 valence electrons. The maximum Gasteiger partial charge on any atom is 0.234 e. The number of amides is 1. The SMILES string of the molecule is CC[C@@H](C)c1ccc(NC(=O)CSc2ncn[nH]2)cc1. The van der Waals surface area contributed by atoms with Gasteiger partial charge in [-0.15, -0.1) is 0 Å². The minimum Gasteiger partial charge on any atom is -0.325 e. The van der Waals surface area contributed by atoms with Gasteiger partial charge in [0.25, 0.3) is 0 Å². The molecule has 0 spiro atoms. The minimum atomic E-state index is -0.0531. The minimum absolute atomic E-state index is 0.0531. The number of carbonyl (C=O) groups is 1. The van der Waals surface area contributed by atoms with Gasteiger partial charge in [0.05, 0.1) is 5.75 Å². The van der Waals surface area contributed by atoms with Gasteiger partial charge in [-0.05, 0) is 30.0 Å². The molecule has 0 bridgehead atoms. The second-order valence-electron chi connectivity index (χ2n) is 4.56. The van der Waals surface area contributed by atoms with E-state index >= 15 is 0 Å². The van der Waals surface area contributed by atoms with Crippen molar-refractivity contribution >= 4 is 23.4 Å². The number of anilines is 1. The Morgan fingerprint density at radius 3 is 2.75 bits per heavy atom. The van der Waals surface area contributed by atoms with Crippen LogP contribution in [0.15, 0.2) is 35.7 Å². The average molecular weight is 290 g/mol. The Labute approximate surface area is 122 Å². The van der Waals surface area contributed by atoms with Crippen LogP contribution in [0.5, 0.6) is 0 Å². The number of H-pyrrole nitrogens is 1. The van der Waals surface area contributed by atoms with Crippen molar-refractivity contribution in [2.75, 3.05) is 11.1 Å². The maximum atomic E-state index is 11.8. The molecular formula is C14H18N4OS. The molecule has 5 nitrogen and oxygen atoms in total. The average Bonchev–Trinajstić information content (AvgIpc) is 2.98. The van der Waals surface area contributed by atoms with Gasteiger partial charge in [0.2, 0.25) is 5.91 Å². The molecule has 0 aliphatic rings. The van der Waals surface area contributed by atoms with E-state index < -0.39 is 0 Å². The van der Waals surface area contributed by atoms with E-state index in [9.17, 15) is 4.79 Å². The summed E-state index contributed by atoms with van der Waals surface area (Å²) in [7, 11) is 0. The molecule has 1 aromatic heterocycles. The number of hydrogen-bond donors (Lipinski definition) is 2. The zero-order valence-electron chi connectivity index (χ0n) is 11.6. The number of nitrogens with zero attached hydrogens (tertiary/aromatic N) is 2. The molecule has 2 N–H and O–H groups in total. The van der Waals surface area contributed by atoms with E-state index in [1.54, 1.807) is 0 Å². The van der Waals surface area contributed by atoms with E-state index in [1.165, 1.54) is 23.7 Å². The number of thioether (sulfide) groups is 1. The van der Waals surface area contributed by atoms with E-state index in [0.29, 0.717) is 16.8 Å². The van der Waals surface area contributed by atoms with Crippen LogP contribution < -0.4 is 5.32 Å². The summed E-state index contributed by atoms with van der Waals surface area (Å²) in [6, 6.07) is 8.01. The second kappa shape index (κ2) is 7.09. The van der Waals surface area contributed by atoms with Crippen LogP contribution in [0.2, 0.25) is 0 Å². The third-order valence-electron chi connectivity index (χ3n) is 3.11. The number of nitrogens with one attached hydrogen (secondary N) is 2. The Hall–Kier alpha value is -1.82. The van der Waals surface area contributed by atoms with Crippen molar-refractivity contribution in [2.24, 2.45) is 0 Å². The zero-order valence-corrected chi connectivity index (χ0v) is 12.4. The summed E-state index contributed by atoms with van der Waals surface area (Å²) in [5.41, 5.74) is 2.11. The van der Waals surface area contributed by atoms with Crippen LogP contribution in [0.1, 0.15) is 31.7 Å². The Kier molecular flexibility index (Phi) is 5.17. The van der Waals surface area contributed by atoms with E-state index in [1.807, 2.05) is 12.1 Å². The number of aromatic amines is 1. The summed E-state index contributed by atoms with van der Waals surface area (Å²) in [5.74, 6) is 0.798. The first-order valence-corrected chi connectivity index (χ1v) is 7.55. The third kappa shape index (κ3) is 4.09. The highest BCUT2D eigenvalue weighted by Crippen LogP contribution is 2.20. The largest absolute Gasteiger partial charge is 0.325 e. The summed E-state index contributed by atoms with van der Waals surface area (Å²) in [5, 5.41) is 9.95. The highest BCUT2D eigenvalue weighted by atomic mass is 32.2. The van der Waals surface area contributed by atoms with Crippen LogP contribution in [0.3, 0.4) is 0 Å². The fourth-order valence-electron chi connectivity index (χ4n) is 1.73. The smallest absolute Gasteiger partial charge is 0.234 e. The predicted octanol–water partition coefficient (Wildman–Crippen LogP) is 3.05. The monoisotopic (exact) mass is 290 g/mol. The Morgan fingerprint density at radius 1 is 1.40 bits per heavy atom. The van der Waals surface area contributed by atoms with Gasteiger partial charge in [0.15, 0.2) is 5.16 Å². The Morgan fingerprint density at radius 2 is 2.15 bits per heavy atom. The first kappa shape index (κ1) is 14.6. The maximum absolute atomic E-state index is 11.8. The lowest BCUT2D eigenvalue weighted by Gasteiger charge is -2.10. The Bertz CT molecular complexity index is 539. The van der Waals surface area contributed by atoms with E-state index in [2.05, 4.69) is 46.5 Å². The van der Waals surface area contributed by atoms with Crippen LogP contribution >= 0.6 is 11.8 Å². The molecule has 1 atom stereocenters. The number of aromatic nitrogens is 3. The molecule has 2 rings (SSSR count). The van der Waals surface area contributed by atoms with Crippen LogP contribution in [0.25, 0.3) is 0 Å². The first-order chi connectivity index (χ1) is 9.69. The van der Waals surface area contributed by atoms with Gasteiger partial charge in [0.1, 0.15) is 6.33 Å². The molecule has 0 fully saturated rings. The summed E-state index contributed by atoms with van der Waals surface area (Å²) in [6.07, 6.45) is 2.54. The van der Waals surface area contributed by atoms with Gasteiger partial charge < -0.3 is 5.32 Å². The normalized spacial score (nSPS) is 12.1. The van der Waals surface area contributed by atoms with Crippen molar-refractivity contribution in [3.8, 4) is 0 Å². The van der Waals surface area contributed by atoms with Crippen LogP contribution in [0, 0.1) is 0 Å². The van der Waals surface area contributed by atoms with Gasteiger partial charge in [-0.3, -0.25) is 9.89 Å². The van der Waals surface area contributed by atoms with E-state index in [0.717, 1.165) is 12.1 Å². The van der Waals surface area contributed by atoms with Crippen molar-refractivity contribution in [2.45, 2.75) is 31.3 Å². The van der Waals surface area contributed by atoms with Crippen molar-refractivity contribution in [3.63, 3.8) is 0 Å². The number of carbonyl (C=O) groups excluding carboxylic acids is 1. The molecule has 0 aliphatic carbocycles. The molecule has 6 heteroatoms. The second-order valence-corrected chi connectivity index (χ2v) is 5.52. The molecule has 0 radical (unpaired) electrons. The van der Waals surface area contributed by atoms with Gasteiger partial charge in [-0.25, -0.2) is 4.98 Å². The molecule has 1 heterocycles. The van der Waals surface area contributed by atoms with Gasteiger partial charge in [0, 0.05) is 5.69 Å². The van der Waals surface area contributed by atoms with E-state index in [4.69, 9.17) is 0 Å². The summed E-state index contributed by atoms with van der Waals surface area (Å²) >= 11 is 1.32. The lowest BCUT2D eigenvalue weighted by Crippen LogP contribution is -2.14. The summed E-state index contributed by atoms with van der Waals surface area (Å²) in [6.45, 7) is 4.36. The van der Waals surface area contributed by atoms with Crippen molar-refractivity contribution in [3.05, 3.63) is 36.2 Å². The molecule has 20 heavy (non-hydrogen) atoms. The van der Waals surface area contributed by atoms with E-state index in [-0.39, 0.29) is 5.91 Å². The predicted molar refractivity (Wildman–Crippen MR) is 80.9 cm³/mol. The summed E-state index contributed by atoms with van der Waals surface area (Å²) in [4.78, 5) is 15.7. The molecule has 0 saturated heterocycles. The molecule has 0 unspecified atom stereocenters. The van der Waals surface area contributed by atoms with Gasteiger partial charge in [-0.2, -0.15) is 5.10 Å². The molecule has 2 aromatic rings. The summed E-state index contributed by atoms with van der Waals surface area (Å²) < 4.78 is 0. The third-order valence-corrected chi connectivity index (χ3v) is 3.99. The van der Waals surface area contributed by atoms with Crippen LogP contribution in [0.4, 0.5) is 5.69 Å². The molecule has 0 saturated carbocycles. The lowest BCUT2D eigenvalue weighted by molar-refractivity contribution is -0.113. The standard InChI is InChI=1S/C14H18N4OS/c1-3-10(2)11-4-6-12(7-5-11)17-13(19)8-20-14-15-9-16-18-14/h4-7,9-10H,3,8H2,1-2H3,(H,17,19)(H,15,16,18)/t10-/m1/s1. The first-order valence-electron chi connectivity index (χ1n) is 6.57. The van der Waals surface area contributed by atoms with Crippen molar-refractivity contribution in [1.82, 2.24) is 15.2 Å². The molecular weight excluding hydrogens is 272 g/mol. The van der Waals surface area contributed by atoms with Crippen LogP contribution in [-0.2, 0) is 4.79 Å². The van der Waals surface area contributed by atoms with Crippen molar-refractivity contribution in [1.29, 1.82) is 0 Å².